The molecule has 3 rings (SSSR count). The highest BCUT2D eigenvalue weighted by Crippen LogP contribution is 2.14. The van der Waals surface area contributed by atoms with Gasteiger partial charge in [0.05, 0.1) is 31.1 Å². The molecular formula is C20H23FN2O3. The van der Waals surface area contributed by atoms with Crippen molar-refractivity contribution in [1.82, 2.24) is 10.3 Å². The molecule has 1 amide bonds. The number of hydrogen-bond donors (Lipinski definition) is 1. The Morgan fingerprint density at radius 1 is 1.27 bits per heavy atom. The Labute approximate surface area is 152 Å². The smallest absolute Gasteiger partial charge is 0.220 e. The van der Waals surface area contributed by atoms with Gasteiger partial charge in [-0.15, -0.1) is 0 Å². The monoisotopic (exact) mass is 358 g/mol. The first-order valence-corrected chi connectivity index (χ1v) is 8.84. The summed E-state index contributed by atoms with van der Waals surface area (Å²) in [7, 11) is 0. The van der Waals surface area contributed by atoms with E-state index < -0.39 is 0 Å². The van der Waals surface area contributed by atoms with Crippen LogP contribution in [0.5, 0.6) is 0 Å². The number of nitrogens with zero attached hydrogens (tertiary/aromatic N) is 1. The molecular weight excluding hydrogens is 335 g/mol. The maximum absolute atomic E-state index is 12.9. The molecule has 1 aliphatic rings. The third-order valence-corrected chi connectivity index (χ3v) is 4.36. The van der Waals surface area contributed by atoms with Crippen molar-refractivity contribution in [1.29, 1.82) is 0 Å². The minimum atomic E-state index is -0.273. The molecule has 1 aromatic carbocycles. The van der Waals surface area contributed by atoms with Gasteiger partial charge in [0, 0.05) is 19.2 Å². The molecule has 26 heavy (non-hydrogen) atoms. The van der Waals surface area contributed by atoms with Gasteiger partial charge in [-0.05, 0) is 42.7 Å². The van der Waals surface area contributed by atoms with Crippen LogP contribution in [0.2, 0.25) is 0 Å². The zero-order valence-electron chi connectivity index (χ0n) is 14.6. The van der Waals surface area contributed by atoms with Crippen LogP contribution in [-0.2, 0) is 27.3 Å². The van der Waals surface area contributed by atoms with Gasteiger partial charge >= 0.3 is 0 Å². The molecule has 0 spiro atoms. The third kappa shape index (κ3) is 5.61. The molecule has 138 valence electrons. The summed E-state index contributed by atoms with van der Waals surface area (Å²) in [6.45, 7) is 1.47. The van der Waals surface area contributed by atoms with E-state index in [1.807, 2.05) is 18.2 Å². The number of aromatic nitrogens is 1. The number of nitrogens with one attached hydrogen (secondary N) is 1. The molecule has 1 N–H and O–H groups in total. The summed E-state index contributed by atoms with van der Waals surface area (Å²) < 4.78 is 24.4. The molecule has 1 aliphatic heterocycles. The second kappa shape index (κ2) is 9.40. The number of aryl methyl sites for hydroxylation is 1. The summed E-state index contributed by atoms with van der Waals surface area (Å²) in [6.07, 6.45) is 3.28. The van der Waals surface area contributed by atoms with Crippen molar-refractivity contribution < 1.29 is 18.7 Å². The Hall–Kier alpha value is -2.31. The Balaban J connectivity index is 1.47. The number of hydrogen-bond acceptors (Lipinski definition) is 4. The van der Waals surface area contributed by atoms with Gasteiger partial charge in [-0.3, -0.25) is 9.78 Å². The van der Waals surface area contributed by atoms with Crippen molar-refractivity contribution in [3.05, 3.63) is 65.7 Å². The van der Waals surface area contributed by atoms with E-state index in [0.29, 0.717) is 32.7 Å². The topological polar surface area (TPSA) is 60.5 Å². The van der Waals surface area contributed by atoms with E-state index in [1.54, 1.807) is 18.3 Å². The van der Waals surface area contributed by atoms with Crippen LogP contribution in [0.15, 0.2) is 48.7 Å². The van der Waals surface area contributed by atoms with Crippen molar-refractivity contribution in [2.24, 2.45) is 0 Å². The first kappa shape index (κ1) is 18.5. The minimum absolute atomic E-state index is 0.0590. The number of carbonyl (C=O) groups excluding carboxylic acids is 1. The summed E-state index contributed by atoms with van der Waals surface area (Å²) in [6, 6.07) is 11.7. The molecule has 1 aromatic heterocycles. The van der Waals surface area contributed by atoms with Crippen LogP contribution in [0.3, 0.4) is 0 Å². The van der Waals surface area contributed by atoms with Crippen LogP contribution in [0, 0.1) is 5.82 Å². The second-order valence-electron chi connectivity index (χ2n) is 6.33. The number of ether oxygens (including phenoxy) is 2. The van der Waals surface area contributed by atoms with Gasteiger partial charge in [0.25, 0.3) is 0 Å². The van der Waals surface area contributed by atoms with E-state index in [-0.39, 0.29) is 23.9 Å². The normalized spacial score (nSPS) is 19.9. The molecule has 6 heteroatoms. The molecule has 0 saturated carbocycles. The lowest BCUT2D eigenvalue weighted by atomic mass is 10.1. The average molecular weight is 358 g/mol. The number of halogens is 1. The van der Waals surface area contributed by atoms with Crippen LogP contribution in [0.4, 0.5) is 4.39 Å². The molecule has 2 atom stereocenters. The molecule has 1 fully saturated rings. The molecule has 1 saturated heterocycles. The van der Waals surface area contributed by atoms with Gasteiger partial charge in [0.1, 0.15) is 5.82 Å². The molecule has 5 nitrogen and oxygen atoms in total. The minimum Gasteiger partial charge on any atom is -0.379 e. The highest BCUT2D eigenvalue weighted by molar-refractivity contribution is 5.76. The zero-order chi connectivity index (χ0) is 18.2. The van der Waals surface area contributed by atoms with E-state index in [0.717, 1.165) is 17.7 Å². The number of pyridine rings is 1. The predicted octanol–water partition coefficient (Wildman–Crippen LogP) is 2.64. The molecule has 0 radical (unpaired) electrons. The lowest BCUT2D eigenvalue weighted by molar-refractivity contribution is -0.126. The largest absolute Gasteiger partial charge is 0.379 e. The summed E-state index contributed by atoms with van der Waals surface area (Å²) in [5.41, 5.74) is 1.80. The Bertz CT molecular complexity index is 694. The number of carbonyl (C=O) groups is 1. The molecule has 0 bridgehead atoms. The van der Waals surface area contributed by atoms with Crippen molar-refractivity contribution >= 4 is 5.91 Å². The zero-order valence-corrected chi connectivity index (χ0v) is 14.6. The highest BCUT2D eigenvalue weighted by atomic mass is 19.1. The second-order valence-corrected chi connectivity index (χ2v) is 6.33. The Kier molecular flexibility index (Phi) is 6.68. The van der Waals surface area contributed by atoms with Crippen LogP contribution >= 0.6 is 0 Å². The van der Waals surface area contributed by atoms with E-state index in [9.17, 15) is 9.18 Å². The quantitative estimate of drug-likeness (QED) is 0.827. The van der Waals surface area contributed by atoms with Gasteiger partial charge < -0.3 is 14.8 Å². The highest BCUT2D eigenvalue weighted by Gasteiger charge is 2.28. The first-order valence-electron chi connectivity index (χ1n) is 8.84. The van der Waals surface area contributed by atoms with Crippen LogP contribution in [-0.4, -0.2) is 36.3 Å². The summed E-state index contributed by atoms with van der Waals surface area (Å²) in [5, 5.41) is 3.00. The van der Waals surface area contributed by atoms with Crippen molar-refractivity contribution in [3.8, 4) is 0 Å². The predicted molar refractivity (Wildman–Crippen MR) is 94.9 cm³/mol. The van der Waals surface area contributed by atoms with E-state index in [4.69, 9.17) is 9.47 Å². The SMILES string of the molecule is O=C(CCc1ccc(F)cc1)N[C@@H]1COCC[C@H]1OCc1ccccn1. The number of rotatable bonds is 7. The standard InChI is InChI=1S/C20H23FN2O3/c21-16-7-4-15(5-8-16)6-9-20(24)23-18-14-25-12-10-19(18)26-13-17-3-1-2-11-22-17/h1-5,7-8,11,18-19H,6,9-10,12-14H2,(H,23,24)/t18-,19-/m1/s1. The summed E-state index contributed by atoms with van der Waals surface area (Å²) >= 11 is 0. The molecule has 0 aliphatic carbocycles. The number of amides is 1. The average Bonchev–Trinajstić information content (AvgIpc) is 2.68. The van der Waals surface area contributed by atoms with E-state index in [2.05, 4.69) is 10.3 Å². The van der Waals surface area contributed by atoms with Crippen molar-refractivity contribution in [2.45, 2.75) is 38.0 Å². The van der Waals surface area contributed by atoms with Crippen LogP contribution in [0.25, 0.3) is 0 Å². The molecule has 0 unspecified atom stereocenters. The Morgan fingerprint density at radius 3 is 2.88 bits per heavy atom. The van der Waals surface area contributed by atoms with Gasteiger partial charge in [-0.2, -0.15) is 0 Å². The van der Waals surface area contributed by atoms with Crippen molar-refractivity contribution in [3.63, 3.8) is 0 Å². The summed E-state index contributed by atoms with van der Waals surface area (Å²) in [5.74, 6) is -0.332. The first-order chi connectivity index (χ1) is 12.7. The van der Waals surface area contributed by atoms with Crippen LogP contribution in [0.1, 0.15) is 24.1 Å². The van der Waals surface area contributed by atoms with Crippen LogP contribution < -0.4 is 5.32 Å². The van der Waals surface area contributed by atoms with E-state index in [1.165, 1.54) is 12.1 Å². The van der Waals surface area contributed by atoms with Gasteiger partial charge in [-0.1, -0.05) is 18.2 Å². The van der Waals surface area contributed by atoms with Gasteiger partial charge in [-0.25, -0.2) is 4.39 Å². The van der Waals surface area contributed by atoms with E-state index >= 15 is 0 Å². The molecule has 2 aromatic rings. The fourth-order valence-corrected chi connectivity index (χ4v) is 2.92. The van der Waals surface area contributed by atoms with Gasteiger partial charge in [0.15, 0.2) is 0 Å². The third-order valence-electron chi connectivity index (χ3n) is 4.36. The van der Waals surface area contributed by atoms with Gasteiger partial charge in [0.2, 0.25) is 5.91 Å². The maximum atomic E-state index is 12.9. The number of benzene rings is 1. The lowest BCUT2D eigenvalue weighted by Gasteiger charge is -2.32. The lowest BCUT2D eigenvalue weighted by Crippen LogP contribution is -2.50. The Morgan fingerprint density at radius 2 is 2.12 bits per heavy atom. The summed E-state index contributed by atoms with van der Waals surface area (Å²) in [4.78, 5) is 16.5. The maximum Gasteiger partial charge on any atom is 0.220 e. The fourth-order valence-electron chi connectivity index (χ4n) is 2.92. The fraction of sp³-hybridized carbons (Fsp3) is 0.400. The molecule has 2 heterocycles. The van der Waals surface area contributed by atoms with Crippen molar-refractivity contribution in [2.75, 3.05) is 13.2 Å².